The number of dihydropyridines is 1. The van der Waals surface area contributed by atoms with Gasteiger partial charge >= 0.3 is 0 Å². The van der Waals surface area contributed by atoms with Gasteiger partial charge in [-0.05, 0) is 18.2 Å². The number of nitrogens with zero attached hydrogens (tertiary/aromatic N) is 4. The second kappa shape index (κ2) is 5.06. The summed E-state index contributed by atoms with van der Waals surface area (Å²) in [6, 6.07) is 10.0. The molecule has 0 saturated heterocycles. The van der Waals surface area contributed by atoms with E-state index in [1.165, 1.54) is 0 Å². The summed E-state index contributed by atoms with van der Waals surface area (Å²) < 4.78 is 0. The van der Waals surface area contributed by atoms with E-state index >= 15 is 0 Å². The Bertz CT molecular complexity index is 713. The summed E-state index contributed by atoms with van der Waals surface area (Å²) in [5, 5.41) is 9.64. The van der Waals surface area contributed by atoms with Gasteiger partial charge < -0.3 is 0 Å². The summed E-state index contributed by atoms with van der Waals surface area (Å²) in [5.41, 5.74) is 1.79. The van der Waals surface area contributed by atoms with Crippen LogP contribution in [0.2, 0.25) is 0 Å². The van der Waals surface area contributed by atoms with Gasteiger partial charge in [0.25, 0.3) is 0 Å². The molecule has 4 heteroatoms. The van der Waals surface area contributed by atoms with Crippen LogP contribution in [0.1, 0.15) is 5.69 Å². The van der Waals surface area contributed by atoms with Crippen LogP contribution >= 0.6 is 0 Å². The summed E-state index contributed by atoms with van der Waals surface area (Å²) in [4.78, 5) is 12.8. The third kappa shape index (κ3) is 1.99. The summed E-state index contributed by atoms with van der Waals surface area (Å²) >= 11 is 0. The molecular weight excluding hydrogens is 248 g/mol. The minimum absolute atomic E-state index is 0.393. The lowest BCUT2D eigenvalue weighted by Crippen LogP contribution is -2.29. The maximum atomic E-state index is 9.64. The molecule has 0 fully saturated rings. The molecule has 3 heterocycles. The first-order valence-electron chi connectivity index (χ1n) is 6.30. The van der Waals surface area contributed by atoms with Gasteiger partial charge in [-0.3, -0.25) is 15.0 Å². The summed E-state index contributed by atoms with van der Waals surface area (Å²) in [7, 11) is 0. The minimum atomic E-state index is -0.804. The van der Waals surface area contributed by atoms with Crippen LogP contribution in [0.4, 0.5) is 0 Å². The van der Waals surface area contributed by atoms with Crippen molar-refractivity contribution < 1.29 is 0 Å². The highest BCUT2D eigenvalue weighted by Gasteiger charge is 2.34. The number of nitriles is 1. The van der Waals surface area contributed by atoms with E-state index < -0.39 is 5.41 Å². The average Bonchev–Trinajstić information content (AvgIpc) is 2.56. The third-order valence-corrected chi connectivity index (χ3v) is 3.32. The van der Waals surface area contributed by atoms with Crippen LogP contribution in [0.25, 0.3) is 11.1 Å². The van der Waals surface area contributed by atoms with Crippen LogP contribution in [0.15, 0.2) is 60.0 Å². The van der Waals surface area contributed by atoms with E-state index in [0.29, 0.717) is 6.54 Å². The number of allylic oxidation sites excluding steroid dienone is 1. The van der Waals surface area contributed by atoms with Gasteiger partial charge in [-0.15, -0.1) is 0 Å². The number of pyridine rings is 2. The van der Waals surface area contributed by atoms with Crippen molar-refractivity contribution in [3.63, 3.8) is 0 Å². The Kier molecular flexibility index (Phi) is 3.10. The summed E-state index contributed by atoms with van der Waals surface area (Å²) in [6.45, 7) is 0.393. The Balaban J connectivity index is 2.19. The van der Waals surface area contributed by atoms with Gasteiger partial charge in [0.1, 0.15) is 5.41 Å². The van der Waals surface area contributed by atoms with Gasteiger partial charge in [0.05, 0.1) is 18.3 Å². The second-order valence-electron chi connectivity index (χ2n) is 4.57. The van der Waals surface area contributed by atoms with E-state index in [1.807, 2.05) is 30.3 Å². The Morgan fingerprint density at radius 3 is 2.80 bits per heavy atom. The maximum absolute atomic E-state index is 9.64. The predicted molar refractivity (Wildman–Crippen MR) is 77.3 cm³/mol. The van der Waals surface area contributed by atoms with Crippen molar-refractivity contribution in [2.24, 2.45) is 4.99 Å². The predicted octanol–water partition coefficient (Wildman–Crippen LogP) is 2.55. The Labute approximate surface area is 117 Å². The molecule has 96 valence electrons. The van der Waals surface area contributed by atoms with Crippen LogP contribution in [-0.4, -0.2) is 22.7 Å². The molecule has 1 aliphatic heterocycles. The van der Waals surface area contributed by atoms with Gasteiger partial charge in [-0.25, -0.2) is 0 Å². The van der Waals surface area contributed by atoms with Crippen LogP contribution in [0.5, 0.6) is 0 Å². The van der Waals surface area contributed by atoms with Gasteiger partial charge in [0, 0.05) is 35.9 Å². The van der Waals surface area contributed by atoms with Crippen molar-refractivity contribution in [3.05, 3.63) is 60.7 Å². The van der Waals surface area contributed by atoms with Gasteiger partial charge in [-0.1, -0.05) is 18.2 Å². The standard InChI is InChI=1S/C16H12N4/c17-11-16(6-3-8-19-12-16)15-14(5-2-9-20-15)13-4-1-7-18-10-13/h1-10H,12H2. The van der Waals surface area contributed by atoms with E-state index in [1.54, 1.807) is 30.9 Å². The monoisotopic (exact) mass is 260 g/mol. The first kappa shape index (κ1) is 12.2. The Morgan fingerprint density at radius 2 is 2.10 bits per heavy atom. The quantitative estimate of drug-likeness (QED) is 0.833. The molecule has 0 aliphatic carbocycles. The first-order chi connectivity index (χ1) is 9.86. The number of hydrogen-bond acceptors (Lipinski definition) is 4. The fourth-order valence-electron chi connectivity index (χ4n) is 2.31. The maximum Gasteiger partial charge on any atom is 0.138 e. The number of rotatable bonds is 2. The van der Waals surface area contributed by atoms with E-state index in [0.717, 1.165) is 16.8 Å². The fourth-order valence-corrected chi connectivity index (χ4v) is 2.31. The van der Waals surface area contributed by atoms with Crippen molar-refractivity contribution in [3.8, 4) is 17.2 Å². The topological polar surface area (TPSA) is 61.9 Å². The second-order valence-corrected chi connectivity index (χ2v) is 4.57. The lowest BCUT2D eigenvalue weighted by atomic mass is 9.80. The minimum Gasteiger partial charge on any atom is -0.291 e. The van der Waals surface area contributed by atoms with Crippen molar-refractivity contribution in [2.45, 2.75) is 5.41 Å². The number of aliphatic imine (C=N–C) groups is 1. The molecule has 1 atom stereocenters. The molecule has 0 amide bonds. The molecule has 0 aromatic carbocycles. The molecule has 2 aromatic rings. The van der Waals surface area contributed by atoms with E-state index in [2.05, 4.69) is 21.0 Å². The van der Waals surface area contributed by atoms with E-state index in [4.69, 9.17) is 0 Å². The summed E-state index contributed by atoms with van der Waals surface area (Å²) in [5.74, 6) is 0. The fraction of sp³-hybridized carbons (Fsp3) is 0.125. The zero-order chi connectivity index (χ0) is 13.8. The zero-order valence-electron chi connectivity index (χ0n) is 10.8. The first-order valence-corrected chi connectivity index (χ1v) is 6.30. The van der Waals surface area contributed by atoms with Crippen molar-refractivity contribution in [2.75, 3.05) is 6.54 Å². The number of aromatic nitrogens is 2. The van der Waals surface area contributed by atoms with E-state index in [9.17, 15) is 5.26 Å². The Morgan fingerprint density at radius 1 is 1.20 bits per heavy atom. The van der Waals surface area contributed by atoms with E-state index in [-0.39, 0.29) is 0 Å². The smallest absolute Gasteiger partial charge is 0.138 e. The SMILES string of the molecule is N#CC1(c2ncccc2-c2cccnc2)C=CC=NC1. The van der Waals surface area contributed by atoms with Crippen molar-refractivity contribution >= 4 is 6.21 Å². The molecule has 3 rings (SSSR count). The zero-order valence-corrected chi connectivity index (χ0v) is 10.8. The molecule has 1 aliphatic rings. The van der Waals surface area contributed by atoms with Crippen molar-refractivity contribution in [1.82, 2.24) is 9.97 Å². The molecule has 0 bridgehead atoms. The molecule has 20 heavy (non-hydrogen) atoms. The number of hydrogen-bond donors (Lipinski definition) is 0. The van der Waals surface area contributed by atoms with Crippen LogP contribution < -0.4 is 0 Å². The average molecular weight is 260 g/mol. The van der Waals surface area contributed by atoms with Crippen LogP contribution in [0.3, 0.4) is 0 Å². The molecule has 2 aromatic heterocycles. The van der Waals surface area contributed by atoms with Gasteiger partial charge in [0.2, 0.25) is 0 Å². The molecule has 1 unspecified atom stereocenters. The largest absolute Gasteiger partial charge is 0.291 e. The molecule has 0 saturated carbocycles. The van der Waals surface area contributed by atoms with Crippen molar-refractivity contribution in [1.29, 1.82) is 5.26 Å². The highest BCUT2D eigenvalue weighted by atomic mass is 14.8. The Hall–Kier alpha value is -2.80. The van der Waals surface area contributed by atoms with Crippen LogP contribution in [-0.2, 0) is 5.41 Å². The molecule has 0 spiro atoms. The third-order valence-electron chi connectivity index (χ3n) is 3.32. The van der Waals surface area contributed by atoms with Crippen LogP contribution in [0, 0.1) is 11.3 Å². The molecule has 0 N–H and O–H groups in total. The molecule has 4 nitrogen and oxygen atoms in total. The highest BCUT2D eigenvalue weighted by molar-refractivity contribution is 5.75. The normalized spacial score (nSPS) is 20.6. The highest BCUT2D eigenvalue weighted by Crippen LogP contribution is 2.33. The summed E-state index contributed by atoms with van der Waals surface area (Å²) in [6.07, 6.45) is 10.6. The molecule has 0 radical (unpaired) electrons. The van der Waals surface area contributed by atoms with Gasteiger partial charge in [0.15, 0.2) is 0 Å². The van der Waals surface area contributed by atoms with Gasteiger partial charge in [-0.2, -0.15) is 5.26 Å². The lowest BCUT2D eigenvalue weighted by Gasteiger charge is -2.24. The lowest BCUT2D eigenvalue weighted by molar-refractivity contribution is 0.671. The molecular formula is C16H12N4.